The van der Waals surface area contributed by atoms with Crippen molar-refractivity contribution in [2.75, 3.05) is 26.1 Å². The summed E-state index contributed by atoms with van der Waals surface area (Å²) in [5.41, 5.74) is 1.21. The number of aromatic amines is 1. The molecule has 0 amide bonds. The molecule has 2 aromatic rings. The largest absolute Gasteiger partial charge is 0.497 e. The van der Waals surface area contributed by atoms with E-state index in [-0.39, 0.29) is 5.56 Å². The molecule has 1 N–H and O–H groups in total. The maximum atomic E-state index is 11.9. The molecular weight excluding hydrogens is 230 g/mol. The lowest BCUT2D eigenvalue weighted by molar-refractivity contribution is 0.415. The lowest BCUT2D eigenvalue weighted by Gasteiger charge is -2.10. The molecule has 0 aliphatic heterocycles. The zero-order valence-electron chi connectivity index (χ0n) is 10.6. The van der Waals surface area contributed by atoms with Crippen molar-refractivity contribution in [2.24, 2.45) is 0 Å². The molecule has 1 aromatic carbocycles. The second-order valence-electron chi connectivity index (χ2n) is 4.07. The number of ether oxygens (including phenoxy) is 1. The van der Waals surface area contributed by atoms with Gasteiger partial charge in [-0.2, -0.15) is 0 Å². The van der Waals surface area contributed by atoms with Gasteiger partial charge in [0.1, 0.15) is 5.75 Å². The Kier molecular flexibility index (Phi) is 3.32. The van der Waals surface area contributed by atoms with Crippen LogP contribution >= 0.6 is 0 Å². The fourth-order valence-electron chi connectivity index (χ4n) is 1.59. The van der Waals surface area contributed by atoms with Crippen molar-refractivity contribution in [3.05, 3.63) is 40.8 Å². The average Bonchev–Trinajstić information content (AvgIpc) is 2.38. The maximum absolute atomic E-state index is 11.9. The zero-order chi connectivity index (χ0) is 13.1. The van der Waals surface area contributed by atoms with Gasteiger partial charge in [-0.15, -0.1) is 0 Å². The third-order valence-corrected chi connectivity index (χ3v) is 2.61. The second kappa shape index (κ2) is 4.91. The van der Waals surface area contributed by atoms with Crippen LogP contribution in [0.1, 0.15) is 0 Å². The number of nitrogens with zero attached hydrogens (tertiary/aromatic N) is 2. The van der Waals surface area contributed by atoms with E-state index in [1.165, 1.54) is 0 Å². The summed E-state index contributed by atoms with van der Waals surface area (Å²) in [4.78, 5) is 20.6. The number of rotatable bonds is 3. The minimum Gasteiger partial charge on any atom is -0.497 e. The Balaban J connectivity index is 2.41. The van der Waals surface area contributed by atoms with Crippen molar-refractivity contribution in [2.45, 2.75) is 0 Å². The first-order valence-electron chi connectivity index (χ1n) is 5.53. The molecule has 2 rings (SSSR count). The van der Waals surface area contributed by atoms with Gasteiger partial charge in [-0.25, -0.2) is 4.98 Å². The van der Waals surface area contributed by atoms with Gasteiger partial charge < -0.3 is 9.64 Å². The number of H-pyrrole nitrogens is 1. The summed E-state index contributed by atoms with van der Waals surface area (Å²) >= 11 is 0. The van der Waals surface area contributed by atoms with Crippen LogP contribution in [0, 0.1) is 0 Å². The van der Waals surface area contributed by atoms with Crippen LogP contribution in [0.15, 0.2) is 35.3 Å². The summed E-state index contributed by atoms with van der Waals surface area (Å²) in [6, 6.07) is 7.30. The molecule has 1 aromatic heterocycles. The van der Waals surface area contributed by atoms with Gasteiger partial charge in [0.05, 0.1) is 12.7 Å². The standard InChI is InChI=1S/C13H15N3O2/c1-16(2)13-14-8-11(12(17)15-13)9-4-6-10(18-3)7-5-9/h4-8H,1-3H3,(H,14,15,17). The van der Waals surface area contributed by atoms with E-state index in [1.807, 2.05) is 38.4 Å². The Bertz CT molecular complexity index is 588. The maximum Gasteiger partial charge on any atom is 0.260 e. The molecule has 0 fully saturated rings. The van der Waals surface area contributed by atoms with E-state index in [2.05, 4.69) is 9.97 Å². The van der Waals surface area contributed by atoms with E-state index in [0.29, 0.717) is 11.5 Å². The number of anilines is 1. The lowest BCUT2D eigenvalue weighted by atomic mass is 10.1. The van der Waals surface area contributed by atoms with Crippen molar-refractivity contribution in [1.82, 2.24) is 9.97 Å². The molecule has 0 bridgehead atoms. The fraction of sp³-hybridized carbons (Fsp3) is 0.231. The minimum absolute atomic E-state index is 0.154. The summed E-state index contributed by atoms with van der Waals surface area (Å²) in [5.74, 6) is 1.30. The highest BCUT2D eigenvalue weighted by Crippen LogP contribution is 2.19. The van der Waals surface area contributed by atoms with Crippen LogP contribution in [-0.4, -0.2) is 31.2 Å². The van der Waals surface area contributed by atoms with E-state index >= 15 is 0 Å². The van der Waals surface area contributed by atoms with Gasteiger partial charge in [0.2, 0.25) is 5.95 Å². The number of nitrogens with one attached hydrogen (secondary N) is 1. The van der Waals surface area contributed by atoms with Gasteiger partial charge >= 0.3 is 0 Å². The lowest BCUT2D eigenvalue weighted by Crippen LogP contribution is -2.19. The topological polar surface area (TPSA) is 58.2 Å². The van der Waals surface area contributed by atoms with Crippen LogP contribution in [0.5, 0.6) is 5.75 Å². The van der Waals surface area contributed by atoms with Crippen LogP contribution in [-0.2, 0) is 0 Å². The van der Waals surface area contributed by atoms with Crippen LogP contribution in [0.3, 0.4) is 0 Å². The van der Waals surface area contributed by atoms with Crippen LogP contribution in [0.4, 0.5) is 5.95 Å². The summed E-state index contributed by atoms with van der Waals surface area (Å²) in [7, 11) is 5.26. The minimum atomic E-state index is -0.154. The van der Waals surface area contributed by atoms with Gasteiger partial charge in [0.15, 0.2) is 0 Å². The molecule has 0 radical (unpaired) electrons. The van der Waals surface area contributed by atoms with Crippen molar-refractivity contribution in [1.29, 1.82) is 0 Å². The molecular formula is C13H15N3O2. The van der Waals surface area contributed by atoms with Gasteiger partial charge in [-0.05, 0) is 17.7 Å². The van der Waals surface area contributed by atoms with E-state index in [4.69, 9.17) is 4.74 Å². The van der Waals surface area contributed by atoms with Crippen molar-refractivity contribution >= 4 is 5.95 Å². The SMILES string of the molecule is COc1ccc(-c2cnc(N(C)C)[nH]c2=O)cc1. The van der Waals surface area contributed by atoms with E-state index in [9.17, 15) is 4.79 Å². The number of hydrogen-bond acceptors (Lipinski definition) is 4. The predicted molar refractivity (Wildman–Crippen MR) is 71.2 cm³/mol. The Morgan fingerprint density at radius 1 is 1.22 bits per heavy atom. The molecule has 0 saturated carbocycles. The van der Waals surface area contributed by atoms with Gasteiger partial charge in [0.25, 0.3) is 5.56 Å². The molecule has 1 heterocycles. The summed E-state index contributed by atoms with van der Waals surface area (Å²) in [5, 5.41) is 0. The summed E-state index contributed by atoms with van der Waals surface area (Å²) in [6.45, 7) is 0. The normalized spacial score (nSPS) is 10.2. The first-order chi connectivity index (χ1) is 8.61. The first-order valence-corrected chi connectivity index (χ1v) is 5.53. The highest BCUT2D eigenvalue weighted by Gasteiger charge is 2.06. The van der Waals surface area contributed by atoms with Crippen LogP contribution in [0.25, 0.3) is 11.1 Å². The molecule has 0 aliphatic carbocycles. The molecule has 94 valence electrons. The monoisotopic (exact) mass is 245 g/mol. The smallest absolute Gasteiger partial charge is 0.260 e. The molecule has 0 spiro atoms. The molecule has 5 nitrogen and oxygen atoms in total. The third-order valence-electron chi connectivity index (χ3n) is 2.61. The van der Waals surface area contributed by atoms with Crippen LogP contribution in [0.2, 0.25) is 0 Å². The second-order valence-corrected chi connectivity index (χ2v) is 4.07. The van der Waals surface area contributed by atoms with Crippen molar-refractivity contribution < 1.29 is 4.74 Å². The molecule has 0 unspecified atom stereocenters. The molecule has 0 atom stereocenters. The van der Waals surface area contributed by atoms with Crippen LogP contribution < -0.4 is 15.2 Å². The van der Waals surface area contributed by atoms with E-state index in [0.717, 1.165) is 11.3 Å². The van der Waals surface area contributed by atoms with Crippen molar-refractivity contribution in [3.63, 3.8) is 0 Å². The highest BCUT2D eigenvalue weighted by atomic mass is 16.5. The van der Waals surface area contributed by atoms with Gasteiger partial charge in [-0.3, -0.25) is 9.78 Å². The predicted octanol–water partition coefficient (Wildman–Crippen LogP) is 1.51. The molecule has 0 saturated heterocycles. The van der Waals surface area contributed by atoms with Crippen molar-refractivity contribution in [3.8, 4) is 16.9 Å². The summed E-state index contributed by atoms with van der Waals surface area (Å²) in [6.07, 6.45) is 1.58. The van der Waals surface area contributed by atoms with Gasteiger partial charge in [-0.1, -0.05) is 12.1 Å². The zero-order valence-corrected chi connectivity index (χ0v) is 10.6. The van der Waals surface area contributed by atoms with E-state index in [1.54, 1.807) is 18.2 Å². The Morgan fingerprint density at radius 3 is 2.39 bits per heavy atom. The summed E-state index contributed by atoms with van der Waals surface area (Å²) < 4.78 is 5.08. The first kappa shape index (κ1) is 12.2. The Morgan fingerprint density at radius 2 is 1.89 bits per heavy atom. The molecule has 18 heavy (non-hydrogen) atoms. The quantitative estimate of drug-likeness (QED) is 0.890. The number of benzene rings is 1. The highest BCUT2D eigenvalue weighted by molar-refractivity contribution is 5.62. The number of hydrogen-bond donors (Lipinski definition) is 1. The van der Waals surface area contributed by atoms with Gasteiger partial charge in [0, 0.05) is 20.3 Å². The number of methoxy groups -OCH3 is 1. The molecule has 5 heteroatoms. The Labute approximate surface area is 105 Å². The number of aromatic nitrogens is 2. The molecule has 0 aliphatic rings. The third kappa shape index (κ3) is 2.34. The Hall–Kier alpha value is -2.30. The van der Waals surface area contributed by atoms with E-state index < -0.39 is 0 Å². The fourth-order valence-corrected chi connectivity index (χ4v) is 1.59. The average molecular weight is 245 g/mol.